The third-order valence-electron chi connectivity index (χ3n) is 4.44. The molecule has 108 valence electrons. The molecule has 1 heterocycles. The second-order valence-electron chi connectivity index (χ2n) is 5.73. The fraction of sp³-hybridized carbons (Fsp3) is 0.800. The van der Waals surface area contributed by atoms with E-state index in [2.05, 4.69) is 41.2 Å². The molecule has 0 aliphatic heterocycles. The Morgan fingerprint density at radius 3 is 2.63 bits per heavy atom. The smallest absolute Gasteiger partial charge is 0.0762 e. The van der Waals surface area contributed by atoms with Crippen molar-refractivity contribution in [2.24, 2.45) is 0 Å². The fourth-order valence-corrected chi connectivity index (χ4v) is 3.39. The van der Waals surface area contributed by atoms with Crippen LogP contribution in [0.25, 0.3) is 0 Å². The molecule has 1 aliphatic carbocycles. The number of rotatable bonds is 7. The molecule has 3 nitrogen and oxygen atoms in total. The zero-order chi connectivity index (χ0) is 13.7. The van der Waals surface area contributed by atoms with Crippen LogP contribution in [0.2, 0.25) is 0 Å². The van der Waals surface area contributed by atoms with Gasteiger partial charge in [-0.25, -0.2) is 0 Å². The largest absolute Gasteiger partial charge is 0.304 e. The molecule has 1 fully saturated rings. The normalized spacial score (nSPS) is 18.3. The molecule has 1 saturated carbocycles. The van der Waals surface area contributed by atoms with E-state index in [1.165, 1.54) is 25.7 Å². The second kappa shape index (κ2) is 6.76. The number of halogens is 1. The van der Waals surface area contributed by atoms with Gasteiger partial charge in [0.1, 0.15) is 0 Å². The number of nitrogens with one attached hydrogen (secondary N) is 1. The van der Waals surface area contributed by atoms with Crippen LogP contribution in [0.4, 0.5) is 0 Å². The zero-order valence-electron chi connectivity index (χ0n) is 12.2. The van der Waals surface area contributed by atoms with Crippen molar-refractivity contribution in [3.8, 4) is 0 Å². The molecule has 0 unspecified atom stereocenters. The first-order valence-corrected chi connectivity index (χ1v) is 8.11. The standard InChI is InChI=1S/C15H26ClN3/c1-3-14(4-2)19-10-7-13(18-19)11-17-15(12-16)8-5-6-9-15/h7,10,14,17H,3-6,8-9,11-12H2,1-2H3. The predicted molar refractivity (Wildman–Crippen MR) is 80.6 cm³/mol. The van der Waals surface area contributed by atoms with Crippen LogP contribution in [0.3, 0.4) is 0 Å². The van der Waals surface area contributed by atoms with Gasteiger partial charge in [0.05, 0.1) is 11.7 Å². The summed E-state index contributed by atoms with van der Waals surface area (Å²) in [6, 6.07) is 2.66. The summed E-state index contributed by atoms with van der Waals surface area (Å²) in [5, 5.41) is 8.33. The zero-order valence-corrected chi connectivity index (χ0v) is 12.9. The van der Waals surface area contributed by atoms with E-state index < -0.39 is 0 Å². The number of nitrogens with zero attached hydrogens (tertiary/aromatic N) is 2. The van der Waals surface area contributed by atoms with Crippen LogP contribution in [-0.2, 0) is 6.54 Å². The van der Waals surface area contributed by atoms with E-state index in [9.17, 15) is 0 Å². The maximum atomic E-state index is 6.14. The van der Waals surface area contributed by atoms with Crippen LogP contribution in [0.15, 0.2) is 12.3 Å². The third-order valence-corrected chi connectivity index (χ3v) is 4.95. The number of aromatic nitrogens is 2. The lowest BCUT2D eigenvalue weighted by atomic mass is 10.0. The Bertz CT molecular complexity index is 378. The number of hydrogen-bond acceptors (Lipinski definition) is 2. The molecule has 0 amide bonds. The Balaban J connectivity index is 1.93. The Labute approximate surface area is 121 Å². The summed E-state index contributed by atoms with van der Waals surface area (Å²) in [4.78, 5) is 0. The fourth-order valence-electron chi connectivity index (χ4n) is 3.03. The lowest BCUT2D eigenvalue weighted by molar-refractivity contribution is 0.362. The second-order valence-corrected chi connectivity index (χ2v) is 6.00. The van der Waals surface area contributed by atoms with Crippen molar-refractivity contribution in [1.82, 2.24) is 15.1 Å². The quantitative estimate of drug-likeness (QED) is 0.770. The molecule has 0 spiro atoms. The van der Waals surface area contributed by atoms with Gasteiger partial charge in [-0.1, -0.05) is 26.7 Å². The summed E-state index contributed by atoms with van der Waals surface area (Å²) in [6.07, 6.45) is 9.36. The minimum absolute atomic E-state index is 0.153. The van der Waals surface area contributed by atoms with Gasteiger partial charge in [-0.3, -0.25) is 4.68 Å². The molecule has 1 aliphatic rings. The van der Waals surface area contributed by atoms with Crippen LogP contribution in [0, 0.1) is 0 Å². The lowest BCUT2D eigenvalue weighted by Gasteiger charge is -2.27. The van der Waals surface area contributed by atoms with Gasteiger partial charge in [0.25, 0.3) is 0 Å². The van der Waals surface area contributed by atoms with Gasteiger partial charge in [0.2, 0.25) is 0 Å². The highest BCUT2D eigenvalue weighted by Gasteiger charge is 2.32. The molecule has 4 heteroatoms. The van der Waals surface area contributed by atoms with Gasteiger partial charge in [-0.2, -0.15) is 5.10 Å². The van der Waals surface area contributed by atoms with Gasteiger partial charge < -0.3 is 5.32 Å². The van der Waals surface area contributed by atoms with E-state index >= 15 is 0 Å². The van der Waals surface area contributed by atoms with Crippen molar-refractivity contribution >= 4 is 11.6 Å². The maximum absolute atomic E-state index is 6.14. The topological polar surface area (TPSA) is 29.9 Å². The highest BCUT2D eigenvalue weighted by molar-refractivity contribution is 6.18. The maximum Gasteiger partial charge on any atom is 0.0762 e. The molecular formula is C15H26ClN3. The summed E-state index contributed by atoms with van der Waals surface area (Å²) in [6.45, 7) is 5.27. The van der Waals surface area contributed by atoms with E-state index in [-0.39, 0.29) is 5.54 Å². The Kier molecular flexibility index (Phi) is 5.28. The Morgan fingerprint density at radius 1 is 1.37 bits per heavy atom. The molecule has 0 saturated heterocycles. The van der Waals surface area contributed by atoms with Crippen LogP contribution in [-0.4, -0.2) is 21.2 Å². The van der Waals surface area contributed by atoms with Gasteiger partial charge in [0, 0.05) is 24.2 Å². The molecule has 1 aromatic rings. The van der Waals surface area contributed by atoms with E-state index in [4.69, 9.17) is 11.6 Å². The lowest BCUT2D eigenvalue weighted by Crippen LogP contribution is -2.44. The summed E-state index contributed by atoms with van der Waals surface area (Å²) >= 11 is 6.14. The number of hydrogen-bond donors (Lipinski definition) is 1. The average Bonchev–Trinajstić information content (AvgIpc) is 3.08. The molecule has 2 rings (SSSR count). The van der Waals surface area contributed by atoms with Crippen molar-refractivity contribution in [2.45, 2.75) is 70.5 Å². The van der Waals surface area contributed by atoms with E-state index in [1.54, 1.807) is 0 Å². The minimum atomic E-state index is 0.153. The van der Waals surface area contributed by atoms with Crippen LogP contribution in [0.1, 0.15) is 64.1 Å². The Hall–Kier alpha value is -0.540. The van der Waals surface area contributed by atoms with Crippen molar-refractivity contribution in [1.29, 1.82) is 0 Å². The van der Waals surface area contributed by atoms with Crippen molar-refractivity contribution < 1.29 is 0 Å². The summed E-state index contributed by atoms with van der Waals surface area (Å²) in [5.41, 5.74) is 1.28. The first kappa shape index (κ1) is 14.9. The van der Waals surface area contributed by atoms with Gasteiger partial charge in [-0.15, -0.1) is 11.6 Å². The van der Waals surface area contributed by atoms with E-state index in [0.29, 0.717) is 11.9 Å². The van der Waals surface area contributed by atoms with Crippen LogP contribution in [0.5, 0.6) is 0 Å². The van der Waals surface area contributed by atoms with Crippen LogP contribution < -0.4 is 5.32 Å². The molecule has 0 bridgehead atoms. The minimum Gasteiger partial charge on any atom is -0.304 e. The molecular weight excluding hydrogens is 258 g/mol. The number of alkyl halides is 1. The molecule has 1 aromatic heterocycles. The van der Waals surface area contributed by atoms with E-state index in [0.717, 1.165) is 25.1 Å². The van der Waals surface area contributed by atoms with Crippen LogP contribution >= 0.6 is 11.6 Å². The molecule has 19 heavy (non-hydrogen) atoms. The summed E-state index contributed by atoms with van der Waals surface area (Å²) in [7, 11) is 0. The van der Waals surface area contributed by atoms with Gasteiger partial charge >= 0.3 is 0 Å². The highest BCUT2D eigenvalue weighted by atomic mass is 35.5. The van der Waals surface area contributed by atoms with Gasteiger partial charge in [-0.05, 0) is 31.7 Å². The molecule has 0 aromatic carbocycles. The Morgan fingerprint density at radius 2 is 2.05 bits per heavy atom. The third kappa shape index (κ3) is 3.51. The van der Waals surface area contributed by atoms with Gasteiger partial charge in [0.15, 0.2) is 0 Å². The van der Waals surface area contributed by atoms with E-state index in [1.807, 2.05) is 0 Å². The molecule has 0 atom stereocenters. The summed E-state index contributed by atoms with van der Waals surface area (Å²) in [5.74, 6) is 0.709. The first-order chi connectivity index (χ1) is 9.23. The predicted octanol–water partition coefficient (Wildman–Crippen LogP) is 3.89. The monoisotopic (exact) mass is 283 g/mol. The van der Waals surface area contributed by atoms with Crippen molar-refractivity contribution in [3.05, 3.63) is 18.0 Å². The first-order valence-electron chi connectivity index (χ1n) is 7.58. The SMILES string of the molecule is CCC(CC)n1ccc(CNC2(CCl)CCCC2)n1. The molecule has 1 N–H and O–H groups in total. The van der Waals surface area contributed by atoms with Crippen molar-refractivity contribution in [3.63, 3.8) is 0 Å². The molecule has 0 radical (unpaired) electrons. The highest BCUT2D eigenvalue weighted by Crippen LogP contribution is 2.31. The average molecular weight is 284 g/mol. The van der Waals surface area contributed by atoms with Crippen molar-refractivity contribution in [2.75, 3.05) is 5.88 Å². The summed E-state index contributed by atoms with van der Waals surface area (Å²) < 4.78 is 2.11.